The van der Waals surface area contributed by atoms with Crippen LogP contribution in [-0.4, -0.2) is 9.59 Å². The van der Waals surface area contributed by atoms with Crippen molar-refractivity contribution in [2.75, 3.05) is 5.73 Å². The average molecular weight is 277 g/mol. The average Bonchev–Trinajstić information content (AvgIpc) is 2.72. The van der Waals surface area contributed by atoms with Gasteiger partial charge in [0.1, 0.15) is 23.1 Å². The molecule has 4 nitrogen and oxygen atoms in total. The van der Waals surface area contributed by atoms with E-state index >= 15 is 0 Å². The van der Waals surface area contributed by atoms with Crippen molar-refractivity contribution < 1.29 is 4.74 Å². The van der Waals surface area contributed by atoms with Crippen molar-refractivity contribution in [3.8, 4) is 5.75 Å². The minimum Gasteiger partial charge on any atom is -0.487 e. The Bertz CT molecular complexity index is 572. The van der Waals surface area contributed by atoms with Gasteiger partial charge in [-0.1, -0.05) is 37.4 Å². The quantitative estimate of drug-likeness (QED) is 0.935. The summed E-state index contributed by atoms with van der Waals surface area (Å²) in [4.78, 5) is 0. The monoisotopic (exact) mass is 277 g/mol. The Labute approximate surface area is 117 Å². The first-order valence-corrected chi connectivity index (χ1v) is 6.96. The fourth-order valence-electron chi connectivity index (χ4n) is 1.74. The number of aryl methyl sites for hydroxylation is 1. The smallest absolute Gasteiger partial charge is 0.136 e. The van der Waals surface area contributed by atoms with E-state index in [9.17, 15) is 0 Å². The highest BCUT2D eigenvalue weighted by molar-refractivity contribution is 7.09. The number of nitrogens with zero attached hydrogens (tertiary/aromatic N) is 2. The van der Waals surface area contributed by atoms with E-state index in [1.54, 1.807) is 0 Å². The predicted molar refractivity (Wildman–Crippen MR) is 78.5 cm³/mol. The van der Waals surface area contributed by atoms with Gasteiger partial charge in [-0.2, -0.15) is 0 Å². The molecule has 102 valence electrons. The highest BCUT2D eigenvalue weighted by Crippen LogP contribution is 2.28. The van der Waals surface area contributed by atoms with Gasteiger partial charge in [0.15, 0.2) is 0 Å². The minimum atomic E-state index is 0.145. The Hall–Kier alpha value is -1.62. The van der Waals surface area contributed by atoms with Crippen molar-refractivity contribution in [1.82, 2.24) is 9.59 Å². The molecule has 0 aliphatic rings. The second-order valence-electron chi connectivity index (χ2n) is 5.60. The molecule has 0 spiro atoms. The van der Waals surface area contributed by atoms with Gasteiger partial charge in [0.05, 0.1) is 0 Å². The third kappa shape index (κ3) is 3.23. The van der Waals surface area contributed by atoms with Gasteiger partial charge in [-0.3, -0.25) is 0 Å². The van der Waals surface area contributed by atoms with Crippen molar-refractivity contribution >= 4 is 16.5 Å². The maximum Gasteiger partial charge on any atom is 0.136 e. The molecule has 0 saturated carbocycles. The molecule has 0 atom stereocenters. The third-order valence-electron chi connectivity index (χ3n) is 2.99. The first kappa shape index (κ1) is 13.8. The van der Waals surface area contributed by atoms with Gasteiger partial charge >= 0.3 is 0 Å². The van der Waals surface area contributed by atoms with Gasteiger partial charge in [-0.15, -0.1) is 5.10 Å². The highest BCUT2D eigenvalue weighted by Gasteiger charge is 2.15. The molecule has 0 amide bonds. The molecule has 0 aliphatic carbocycles. The second-order valence-corrected chi connectivity index (χ2v) is 6.39. The molecular formula is C14H19N3OS. The number of anilines is 1. The molecule has 19 heavy (non-hydrogen) atoms. The Morgan fingerprint density at radius 2 is 2.05 bits per heavy atom. The zero-order valence-corrected chi connectivity index (χ0v) is 12.5. The summed E-state index contributed by atoms with van der Waals surface area (Å²) in [5.74, 6) is 0.861. The van der Waals surface area contributed by atoms with Crippen molar-refractivity contribution in [1.29, 1.82) is 0 Å². The lowest BCUT2D eigenvalue weighted by molar-refractivity contribution is 0.299. The first-order valence-electron chi connectivity index (χ1n) is 6.18. The summed E-state index contributed by atoms with van der Waals surface area (Å²) >= 11 is 1.19. The Morgan fingerprint density at radius 3 is 2.58 bits per heavy atom. The van der Waals surface area contributed by atoms with E-state index in [-0.39, 0.29) is 5.41 Å². The summed E-state index contributed by atoms with van der Waals surface area (Å²) in [7, 11) is 0. The lowest BCUT2D eigenvalue weighted by Gasteiger charge is -2.20. The standard InChI is InChI=1S/C14H19N3OS/c1-9-7-10(14(2,3)4)5-6-12(9)18-8-11-13(15)19-17-16-11/h5-7H,8,15H2,1-4H3. The Balaban J connectivity index is 2.12. The fourth-order valence-corrected chi connectivity index (χ4v) is 2.17. The lowest BCUT2D eigenvalue weighted by Crippen LogP contribution is -2.11. The number of benzene rings is 1. The van der Waals surface area contributed by atoms with Crippen LogP contribution in [0.4, 0.5) is 5.00 Å². The molecule has 2 rings (SSSR count). The van der Waals surface area contributed by atoms with E-state index in [2.05, 4.69) is 42.5 Å². The summed E-state index contributed by atoms with van der Waals surface area (Å²) in [6, 6.07) is 6.27. The van der Waals surface area contributed by atoms with Gasteiger partial charge in [0.25, 0.3) is 0 Å². The largest absolute Gasteiger partial charge is 0.487 e. The third-order valence-corrected chi connectivity index (χ3v) is 3.59. The fraction of sp³-hybridized carbons (Fsp3) is 0.429. The number of rotatable bonds is 3. The number of nitrogens with two attached hydrogens (primary N) is 1. The van der Waals surface area contributed by atoms with Crippen molar-refractivity contribution in [3.05, 3.63) is 35.0 Å². The van der Waals surface area contributed by atoms with Gasteiger partial charge in [-0.05, 0) is 29.5 Å². The molecule has 0 radical (unpaired) electrons. The first-order chi connectivity index (χ1) is 8.88. The molecule has 5 heteroatoms. The zero-order valence-electron chi connectivity index (χ0n) is 11.7. The van der Waals surface area contributed by atoms with Crippen LogP contribution in [0.15, 0.2) is 18.2 Å². The summed E-state index contributed by atoms with van der Waals surface area (Å²) < 4.78 is 9.54. The maximum absolute atomic E-state index is 5.75. The van der Waals surface area contributed by atoms with E-state index in [0.29, 0.717) is 17.3 Å². The van der Waals surface area contributed by atoms with Gasteiger partial charge in [0, 0.05) is 11.5 Å². The summed E-state index contributed by atoms with van der Waals surface area (Å²) in [5.41, 5.74) is 9.00. The van der Waals surface area contributed by atoms with Crippen LogP contribution < -0.4 is 10.5 Å². The molecule has 0 aliphatic heterocycles. The van der Waals surface area contributed by atoms with Crippen LogP contribution in [-0.2, 0) is 12.0 Å². The molecule has 0 bridgehead atoms. The number of hydrogen-bond acceptors (Lipinski definition) is 5. The van der Waals surface area contributed by atoms with Crippen LogP contribution in [0, 0.1) is 6.92 Å². The topological polar surface area (TPSA) is 61.0 Å². The van der Waals surface area contributed by atoms with E-state index in [1.807, 2.05) is 13.0 Å². The van der Waals surface area contributed by atoms with Gasteiger partial charge in [0.2, 0.25) is 0 Å². The molecule has 2 N–H and O–H groups in total. The molecule has 1 heterocycles. The maximum atomic E-state index is 5.75. The number of aromatic nitrogens is 2. The van der Waals surface area contributed by atoms with E-state index in [4.69, 9.17) is 10.5 Å². The zero-order chi connectivity index (χ0) is 14.0. The van der Waals surface area contributed by atoms with Gasteiger partial charge < -0.3 is 10.5 Å². The minimum absolute atomic E-state index is 0.145. The highest BCUT2D eigenvalue weighted by atomic mass is 32.1. The van der Waals surface area contributed by atoms with Gasteiger partial charge in [-0.25, -0.2) is 0 Å². The van der Waals surface area contributed by atoms with Crippen LogP contribution in [0.5, 0.6) is 5.75 Å². The molecule has 0 unspecified atom stereocenters. The molecule has 1 aromatic carbocycles. The van der Waals surface area contributed by atoms with Crippen LogP contribution in [0.25, 0.3) is 0 Å². The second kappa shape index (κ2) is 5.17. The van der Waals surface area contributed by atoms with Crippen molar-refractivity contribution in [3.63, 3.8) is 0 Å². The van der Waals surface area contributed by atoms with Crippen molar-refractivity contribution in [2.45, 2.75) is 39.7 Å². The van der Waals surface area contributed by atoms with E-state index in [1.165, 1.54) is 17.1 Å². The Kier molecular flexibility index (Phi) is 3.75. The van der Waals surface area contributed by atoms with Crippen LogP contribution in [0.1, 0.15) is 37.6 Å². The SMILES string of the molecule is Cc1cc(C(C)(C)C)ccc1OCc1nnsc1N. The van der Waals surface area contributed by atoms with Crippen LogP contribution in [0.2, 0.25) is 0 Å². The van der Waals surface area contributed by atoms with Crippen LogP contribution in [0.3, 0.4) is 0 Å². The number of ether oxygens (including phenoxy) is 1. The molecular weight excluding hydrogens is 258 g/mol. The molecule has 0 saturated heterocycles. The Morgan fingerprint density at radius 1 is 1.32 bits per heavy atom. The van der Waals surface area contributed by atoms with E-state index < -0.39 is 0 Å². The molecule has 2 aromatic rings. The number of hydrogen-bond donors (Lipinski definition) is 1. The summed E-state index contributed by atoms with van der Waals surface area (Å²) in [6.45, 7) is 9.00. The predicted octanol–water partition coefficient (Wildman–Crippen LogP) is 3.31. The van der Waals surface area contributed by atoms with E-state index in [0.717, 1.165) is 11.3 Å². The molecule has 1 aromatic heterocycles. The van der Waals surface area contributed by atoms with Crippen LogP contribution >= 0.6 is 11.5 Å². The van der Waals surface area contributed by atoms with Crippen molar-refractivity contribution in [2.24, 2.45) is 0 Å². The summed E-state index contributed by atoms with van der Waals surface area (Å²) in [6.07, 6.45) is 0. The lowest BCUT2D eigenvalue weighted by atomic mass is 9.86. The normalized spacial score (nSPS) is 11.6. The molecule has 0 fully saturated rings. The summed E-state index contributed by atoms with van der Waals surface area (Å²) in [5, 5.41) is 4.55. The number of nitrogen functional groups attached to an aromatic ring is 1.